The summed E-state index contributed by atoms with van der Waals surface area (Å²) >= 11 is -1.85. The number of hydrogen-bond donors (Lipinski definition) is 2. The van der Waals surface area contributed by atoms with Gasteiger partial charge in [-0.25, -0.2) is 0 Å². The fraction of sp³-hybridized carbons (Fsp3) is 0.273. The Morgan fingerprint density at radius 2 is 1.62 bits per heavy atom. The van der Waals surface area contributed by atoms with Crippen LogP contribution in [-0.2, 0) is 20.1 Å². The molecule has 0 fully saturated rings. The van der Waals surface area contributed by atoms with Crippen LogP contribution in [0.15, 0.2) is 47.0 Å². The summed E-state index contributed by atoms with van der Waals surface area (Å²) in [7, 11) is 2.00. The SMILES string of the molecule is CO.CO.Cc1ccc2c(n1)oc1c(-c3cc[c]([Ge]([CH3])([CH3])[CH3])cn3)[c-]ccc12.[Ir]. The van der Waals surface area contributed by atoms with Gasteiger partial charge < -0.3 is 10.2 Å². The predicted molar refractivity (Wildman–Crippen MR) is 118 cm³/mol. The van der Waals surface area contributed by atoms with E-state index in [1.54, 1.807) is 0 Å². The van der Waals surface area contributed by atoms with Gasteiger partial charge in [-0.15, -0.1) is 0 Å². The van der Waals surface area contributed by atoms with E-state index in [0.717, 1.165) is 47.5 Å². The fourth-order valence-corrected chi connectivity index (χ4v) is 5.06. The largest absolute Gasteiger partial charge is 0 e. The molecule has 0 spiro atoms. The summed E-state index contributed by atoms with van der Waals surface area (Å²) in [6.07, 6.45) is 2.02. The molecule has 0 aliphatic rings. The average Bonchev–Trinajstić information content (AvgIpc) is 3.08. The van der Waals surface area contributed by atoms with E-state index < -0.39 is 13.3 Å². The van der Waals surface area contributed by atoms with E-state index in [1.165, 1.54) is 4.40 Å². The maximum Gasteiger partial charge on any atom is 0 e. The minimum atomic E-state index is -1.85. The number of fused-ring (bicyclic) bond motifs is 3. The van der Waals surface area contributed by atoms with E-state index >= 15 is 0 Å². The number of hydrogen-bond acceptors (Lipinski definition) is 5. The van der Waals surface area contributed by atoms with Gasteiger partial charge in [0.2, 0.25) is 0 Å². The quantitative estimate of drug-likeness (QED) is 0.259. The number of pyridine rings is 2. The van der Waals surface area contributed by atoms with Crippen molar-refractivity contribution in [1.82, 2.24) is 9.97 Å². The first kappa shape index (κ1) is 25.5. The third-order valence-corrected chi connectivity index (χ3v) is 8.58. The molecule has 4 aromatic rings. The smallest absolute Gasteiger partial charge is 0 e. The number of aliphatic hydroxyl groups excluding tert-OH is 2. The number of rotatable bonds is 2. The molecule has 1 aromatic carbocycles. The molecule has 0 bridgehead atoms. The second-order valence-electron chi connectivity index (χ2n) is 7.18. The summed E-state index contributed by atoms with van der Waals surface area (Å²) < 4.78 is 7.44. The molecule has 0 atom stereocenters. The number of aryl methyl sites for hydroxylation is 1. The average molecular weight is 632 g/mol. The third-order valence-electron chi connectivity index (χ3n) is 4.32. The molecule has 5 nitrogen and oxygen atoms in total. The predicted octanol–water partition coefficient (Wildman–Crippen LogP) is 3.91. The van der Waals surface area contributed by atoms with Crippen LogP contribution in [-0.4, -0.2) is 47.7 Å². The molecule has 3 heterocycles. The van der Waals surface area contributed by atoms with Crippen LogP contribution in [0.4, 0.5) is 0 Å². The molecule has 3 aromatic heterocycles. The Morgan fingerprint density at radius 1 is 0.931 bits per heavy atom. The molecule has 0 saturated heterocycles. The first-order valence-corrected chi connectivity index (χ1v) is 16.3. The van der Waals surface area contributed by atoms with Gasteiger partial charge in [0.05, 0.1) is 0 Å². The van der Waals surface area contributed by atoms with Crippen LogP contribution in [0.2, 0.25) is 17.3 Å². The molecule has 4 rings (SSSR count). The summed E-state index contributed by atoms with van der Waals surface area (Å²) in [5, 5.41) is 16.1. The Bertz CT molecular complexity index is 1060. The Labute approximate surface area is 187 Å². The molecule has 0 saturated carbocycles. The number of benzene rings is 1. The molecular formula is C22H27GeIrN2O3-. The van der Waals surface area contributed by atoms with Gasteiger partial charge in [0.1, 0.15) is 0 Å². The summed E-state index contributed by atoms with van der Waals surface area (Å²) in [5.74, 6) is 7.12. The van der Waals surface area contributed by atoms with Crippen LogP contribution in [0.3, 0.4) is 0 Å². The summed E-state index contributed by atoms with van der Waals surface area (Å²) in [4.78, 5) is 9.19. The zero-order valence-corrected chi connectivity index (χ0v) is 22.1. The molecule has 0 aliphatic heterocycles. The van der Waals surface area contributed by atoms with Gasteiger partial charge in [0.25, 0.3) is 0 Å². The van der Waals surface area contributed by atoms with Crippen molar-refractivity contribution in [2.24, 2.45) is 0 Å². The van der Waals surface area contributed by atoms with Crippen molar-refractivity contribution in [2.45, 2.75) is 24.2 Å². The van der Waals surface area contributed by atoms with Gasteiger partial charge in [-0.3, -0.25) is 0 Å². The molecule has 29 heavy (non-hydrogen) atoms. The van der Waals surface area contributed by atoms with Crippen LogP contribution in [0.25, 0.3) is 33.3 Å². The van der Waals surface area contributed by atoms with Crippen LogP contribution < -0.4 is 4.40 Å². The Morgan fingerprint density at radius 3 is 2.21 bits per heavy atom. The minimum Gasteiger partial charge on any atom is 0 e. The summed E-state index contributed by atoms with van der Waals surface area (Å²) in [5.41, 5.74) is 4.23. The van der Waals surface area contributed by atoms with Gasteiger partial charge >= 0.3 is 144 Å². The molecule has 157 valence electrons. The van der Waals surface area contributed by atoms with E-state index in [9.17, 15) is 0 Å². The van der Waals surface area contributed by atoms with E-state index in [-0.39, 0.29) is 20.1 Å². The van der Waals surface area contributed by atoms with E-state index in [2.05, 4.69) is 51.5 Å². The Hall–Kier alpha value is -1.57. The van der Waals surface area contributed by atoms with E-state index in [1.807, 2.05) is 31.3 Å². The van der Waals surface area contributed by atoms with Crippen LogP contribution in [0.1, 0.15) is 5.69 Å². The van der Waals surface area contributed by atoms with Gasteiger partial charge in [-0.05, 0) is 0 Å². The van der Waals surface area contributed by atoms with Crippen molar-refractivity contribution in [1.29, 1.82) is 0 Å². The van der Waals surface area contributed by atoms with Crippen LogP contribution in [0, 0.1) is 13.0 Å². The molecule has 0 unspecified atom stereocenters. The number of aliphatic hydroxyl groups is 2. The molecule has 2 N–H and O–H groups in total. The summed E-state index contributed by atoms with van der Waals surface area (Å²) in [6, 6.07) is 15.6. The van der Waals surface area contributed by atoms with Gasteiger partial charge in [-0.1, -0.05) is 0 Å². The van der Waals surface area contributed by atoms with E-state index in [0.29, 0.717) is 5.71 Å². The zero-order valence-electron chi connectivity index (χ0n) is 17.6. The second-order valence-corrected chi connectivity index (χ2v) is 17.8. The number of furan rings is 1. The topological polar surface area (TPSA) is 79.4 Å². The normalized spacial score (nSPS) is 10.5. The molecule has 7 heteroatoms. The molecular weight excluding hydrogens is 605 g/mol. The van der Waals surface area contributed by atoms with Gasteiger partial charge in [0.15, 0.2) is 0 Å². The Kier molecular flexibility index (Phi) is 9.66. The fourth-order valence-electron chi connectivity index (χ4n) is 2.89. The maximum atomic E-state index is 7.00. The molecule has 1 radical (unpaired) electrons. The van der Waals surface area contributed by atoms with Crippen molar-refractivity contribution < 1.29 is 34.7 Å². The van der Waals surface area contributed by atoms with Crippen molar-refractivity contribution in [3.63, 3.8) is 0 Å². The number of aromatic nitrogens is 2. The standard InChI is InChI=1S/C20H19GeN2O.2CH4O.Ir/c1-13-8-10-16-15-6-5-7-17(19(15)24-20(16)23-13)18-11-9-14(12-22-18)21(2,3)4;2*1-2;/h5-6,8-12H,1-4H3;2*2H,1H3;/q-1;;;. The monoisotopic (exact) mass is 634 g/mol. The molecule has 0 aliphatic carbocycles. The van der Waals surface area contributed by atoms with Crippen molar-refractivity contribution >= 4 is 39.7 Å². The van der Waals surface area contributed by atoms with Crippen molar-refractivity contribution in [3.8, 4) is 11.3 Å². The summed E-state index contributed by atoms with van der Waals surface area (Å²) in [6.45, 7) is 1.97. The Balaban J connectivity index is 0.000000794. The van der Waals surface area contributed by atoms with Gasteiger partial charge in [-0.2, -0.15) is 0 Å². The number of nitrogens with zero attached hydrogens (tertiary/aromatic N) is 2. The second kappa shape index (κ2) is 11.0. The minimum absolute atomic E-state index is 0. The molecule has 0 amide bonds. The van der Waals surface area contributed by atoms with E-state index in [4.69, 9.17) is 14.6 Å². The van der Waals surface area contributed by atoms with Crippen molar-refractivity contribution in [2.75, 3.05) is 14.2 Å². The van der Waals surface area contributed by atoms with Crippen LogP contribution >= 0.6 is 0 Å². The van der Waals surface area contributed by atoms with Crippen molar-refractivity contribution in [3.05, 3.63) is 54.4 Å². The maximum absolute atomic E-state index is 7.00. The van der Waals surface area contributed by atoms with Gasteiger partial charge in [0, 0.05) is 34.3 Å². The zero-order chi connectivity index (χ0) is 20.9. The first-order valence-electron chi connectivity index (χ1n) is 9.00. The first-order chi connectivity index (χ1) is 13.4. The third kappa shape index (κ3) is 5.53. The van der Waals surface area contributed by atoms with Crippen LogP contribution in [0.5, 0.6) is 0 Å².